The predicted molar refractivity (Wildman–Crippen MR) is 302 cm³/mol. The van der Waals surface area contributed by atoms with Crippen LogP contribution in [0.1, 0.15) is 303 Å². The third-order valence-electron chi connectivity index (χ3n) is 14.0. The van der Waals surface area contributed by atoms with Crippen LogP contribution < -0.4 is 5.11 Å². The van der Waals surface area contributed by atoms with E-state index in [0.717, 1.165) is 44.9 Å². The molecule has 0 aliphatic rings. The largest absolute Gasteiger partial charge is 0.545 e. The summed E-state index contributed by atoms with van der Waals surface area (Å²) in [6.45, 7) is 4.79. The number of rotatable bonds is 58. The number of nitrogens with zero attached hydrogens (tertiary/aromatic N) is 1. The molecule has 0 fully saturated rings. The van der Waals surface area contributed by atoms with Gasteiger partial charge < -0.3 is 33.3 Å². The Balaban J connectivity index is 4.08. The zero-order chi connectivity index (χ0) is 52.7. The molecule has 9 heteroatoms. The van der Waals surface area contributed by atoms with Crippen LogP contribution in [0.15, 0.2) is 24.3 Å². The highest BCUT2D eigenvalue weighted by molar-refractivity contribution is 5.70. The van der Waals surface area contributed by atoms with E-state index in [0.29, 0.717) is 17.4 Å². The molecule has 2 unspecified atom stereocenters. The maximum atomic E-state index is 12.9. The van der Waals surface area contributed by atoms with Crippen LogP contribution in [0.4, 0.5) is 0 Å². The lowest BCUT2D eigenvalue weighted by atomic mass is 10.0. The highest BCUT2D eigenvalue weighted by atomic mass is 16.7. The second-order valence-electron chi connectivity index (χ2n) is 22.4. The van der Waals surface area contributed by atoms with E-state index in [1.165, 1.54) is 231 Å². The van der Waals surface area contributed by atoms with E-state index >= 15 is 0 Å². The lowest BCUT2D eigenvalue weighted by Gasteiger charge is -2.26. The molecular formula is C63H119NO8. The molecule has 2 atom stereocenters. The molecule has 0 radical (unpaired) electrons. The zero-order valence-electron chi connectivity index (χ0n) is 48.3. The van der Waals surface area contributed by atoms with Crippen LogP contribution in [0.3, 0.4) is 0 Å². The molecule has 424 valence electrons. The van der Waals surface area contributed by atoms with Crippen LogP contribution in [0.25, 0.3) is 0 Å². The van der Waals surface area contributed by atoms with E-state index in [1.807, 2.05) is 21.1 Å². The molecule has 0 aliphatic heterocycles. The number of carboxylic acid groups (broad SMARTS) is 1. The normalized spacial score (nSPS) is 12.8. The molecule has 0 amide bonds. The summed E-state index contributed by atoms with van der Waals surface area (Å²) in [5, 5.41) is 11.8. The van der Waals surface area contributed by atoms with Crippen molar-refractivity contribution in [1.82, 2.24) is 0 Å². The summed E-state index contributed by atoms with van der Waals surface area (Å²) >= 11 is 0. The maximum absolute atomic E-state index is 12.9. The molecule has 9 nitrogen and oxygen atoms in total. The topological polar surface area (TPSA) is 111 Å². The number of likely N-dealkylation sites (N-methyl/N-ethyl adjacent to an activating group) is 1. The van der Waals surface area contributed by atoms with Crippen molar-refractivity contribution >= 4 is 17.9 Å². The van der Waals surface area contributed by atoms with Crippen LogP contribution in [0.5, 0.6) is 0 Å². The summed E-state index contributed by atoms with van der Waals surface area (Å²) in [5.41, 5.74) is 0. The molecule has 0 aromatic carbocycles. The number of quaternary nitrogens is 1. The third-order valence-corrected chi connectivity index (χ3v) is 14.0. The molecule has 0 saturated heterocycles. The number of allylic oxidation sites excluding steroid dienone is 4. The third kappa shape index (κ3) is 55.5. The maximum Gasteiger partial charge on any atom is 0.306 e. The summed E-state index contributed by atoms with van der Waals surface area (Å²) in [7, 11) is 5.93. The second-order valence-corrected chi connectivity index (χ2v) is 22.4. The minimum atomic E-state index is -1.62. The molecule has 0 bridgehead atoms. The molecular weight excluding hydrogens is 899 g/mol. The van der Waals surface area contributed by atoms with E-state index in [2.05, 4.69) is 38.2 Å². The zero-order valence-corrected chi connectivity index (χ0v) is 48.3. The van der Waals surface area contributed by atoms with Crippen LogP contribution >= 0.6 is 0 Å². The molecule has 0 aromatic heterocycles. The van der Waals surface area contributed by atoms with Crippen molar-refractivity contribution in [3.63, 3.8) is 0 Å². The van der Waals surface area contributed by atoms with Crippen molar-refractivity contribution in [1.29, 1.82) is 0 Å². The van der Waals surface area contributed by atoms with E-state index in [-0.39, 0.29) is 32.2 Å². The quantitative estimate of drug-likeness (QED) is 0.0195. The van der Waals surface area contributed by atoms with Gasteiger partial charge in [0.05, 0.1) is 40.3 Å². The van der Waals surface area contributed by atoms with E-state index in [1.54, 1.807) is 0 Å². The monoisotopic (exact) mass is 1020 g/mol. The van der Waals surface area contributed by atoms with Crippen LogP contribution in [0.2, 0.25) is 0 Å². The average Bonchev–Trinajstić information content (AvgIpc) is 3.35. The first-order chi connectivity index (χ1) is 35.1. The Bertz CT molecular complexity index is 1230. The minimum absolute atomic E-state index is 0.151. The van der Waals surface area contributed by atoms with Gasteiger partial charge in [-0.25, -0.2) is 0 Å². The van der Waals surface area contributed by atoms with Gasteiger partial charge >= 0.3 is 11.9 Å². The van der Waals surface area contributed by atoms with Crippen molar-refractivity contribution < 1.29 is 42.9 Å². The smallest absolute Gasteiger partial charge is 0.306 e. The Morgan fingerprint density at radius 2 is 0.750 bits per heavy atom. The summed E-state index contributed by atoms with van der Waals surface area (Å²) in [5.74, 6) is -2.26. The van der Waals surface area contributed by atoms with Crippen molar-refractivity contribution in [2.75, 3.05) is 47.5 Å². The Kier molecular flexibility index (Phi) is 53.3. The van der Waals surface area contributed by atoms with Crippen molar-refractivity contribution in [3.8, 4) is 0 Å². The fourth-order valence-corrected chi connectivity index (χ4v) is 9.16. The standard InChI is InChI=1S/C63H119NO8/c1-6-8-10-12-14-16-18-20-22-24-25-26-27-28-29-30-31-32-33-34-35-36-37-38-40-42-44-46-48-50-52-54-61(66)72-59(58-71-63(62(67)68)69-56-55-64(3,4)5)57-70-60(65)53-51-49-47-45-43-41-39-23-21-19-17-15-13-11-9-7-2/h18,20,24-25,59,63H,6-17,19,21-23,26-58H2,1-5H3/b20-18-,25-24-. The number of carbonyl (C=O) groups is 3. The van der Waals surface area contributed by atoms with Crippen molar-refractivity contribution in [2.45, 2.75) is 315 Å². The lowest BCUT2D eigenvalue weighted by molar-refractivity contribution is -0.870. The van der Waals surface area contributed by atoms with Crippen LogP contribution in [-0.4, -0.2) is 82.3 Å². The van der Waals surface area contributed by atoms with Gasteiger partial charge in [0.1, 0.15) is 13.2 Å². The number of aliphatic carboxylic acids is 1. The van der Waals surface area contributed by atoms with Crippen molar-refractivity contribution in [2.24, 2.45) is 0 Å². The van der Waals surface area contributed by atoms with E-state index in [4.69, 9.17) is 18.9 Å². The lowest BCUT2D eigenvalue weighted by Crippen LogP contribution is -2.44. The van der Waals surface area contributed by atoms with Gasteiger partial charge in [-0.3, -0.25) is 9.59 Å². The fraction of sp³-hybridized carbons (Fsp3) is 0.889. The molecule has 0 aromatic rings. The van der Waals surface area contributed by atoms with E-state index in [9.17, 15) is 19.5 Å². The molecule has 0 heterocycles. The molecule has 0 N–H and O–H groups in total. The molecule has 72 heavy (non-hydrogen) atoms. The molecule has 0 saturated carbocycles. The van der Waals surface area contributed by atoms with Gasteiger partial charge in [0, 0.05) is 12.8 Å². The highest BCUT2D eigenvalue weighted by Gasteiger charge is 2.22. The number of esters is 2. The number of unbranched alkanes of at least 4 members (excludes halogenated alkanes) is 39. The number of carbonyl (C=O) groups excluding carboxylic acids is 3. The Labute approximate surface area is 446 Å². The predicted octanol–water partition coefficient (Wildman–Crippen LogP) is 17.0. The number of hydrogen-bond acceptors (Lipinski definition) is 8. The summed E-state index contributed by atoms with van der Waals surface area (Å²) in [4.78, 5) is 37.3. The van der Waals surface area contributed by atoms with Crippen LogP contribution in [0, 0.1) is 0 Å². The number of carboxylic acids is 1. The van der Waals surface area contributed by atoms with Crippen molar-refractivity contribution in [3.05, 3.63) is 24.3 Å². The van der Waals surface area contributed by atoms with Gasteiger partial charge in [-0.2, -0.15) is 0 Å². The molecule has 0 spiro atoms. The number of hydrogen-bond donors (Lipinski definition) is 0. The summed E-state index contributed by atoms with van der Waals surface area (Å²) < 4.78 is 22.7. The summed E-state index contributed by atoms with van der Waals surface area (Å²) in [6, 6.07) is 0. The summed E-state index contributed by atoms with van der Waals surface area (Å²) in [6.07, 6.45) is 62.4. The average molecular weight is 1020 g/mol. The fourth-order valence-electron chi connectivity index (χ4n) is 9.16. The first kappa shape index (κ1) is 69.8. The Hall–Kier alpha value is -2.23. The molecule has 0 rings (SSSR count). The second kappa shape index (κ2) is 55.0. The van der Waals surface area contributed by atoms with Gasteiger partial charge in [0.2, 0.25) is 0 Å². The van der Waals surface area contributed by atoms with Crippen LogP contribution in [-0.2, 0) is 33.3 Å². The van der Waals surface area contributed by atoms with Gasteiger partial charge in [0.15, 0.2) is 12.4 Å². The SMILES string of the molecule is CCCCCCC/C=C\C/C=C\CCCCCCCCCCCCCCCCCCCCCC(=O)OC(COC(=O)CCCCCCCCCCCCCCCCCC)COC(OCC[N+](C)(C)C)C(=O)[O-]. The van der Waals surface area contributed by atoms with Gasteiger partial charge in [-0.05, 0) is 44.9 Å². The minimum Gasteiger partial charge on any atom is -0.545 e. The van der Waals surface area contributed by atoms with Gasteiger partial charge in [0.25, 0.3) is 0 Å². The van der Waals surface area contributed by atoms with Gasteiger partial charge in [-0.15, -0.1) is 0 Å². The first-order valence-corrected chi connectivity index (χ1v) is 31.0. The number of ether oxygens (including phenoxy) is 4. The Morgan fingerprint density at radius 3 is 1.10 bits per heavy atom. The van der Waals surface area contributed by atoms with Gasteiger partial charge in [-0.1, -0.05) is 269 Å². The first-order valence-electron chi connectivity index (χ1n) is 31.0. The van der Waals surface area contributed by atoms with E-state index < -0.39 is 24.3 Å². The Morgan fingerprint density at radius 1 is 0.417 bits per heavy atom. The highest BCUT2D eigenvalue weighted by Crippen LogP contribution is 2.18. The molecule has 0 aliphatic carbocycles.